The van der Waals surface area contributed by atoms with E-state index in [1.165, 1.54) is 0 Å². The number of aromatic amines is 1. The standard InChI is InChI=1S/C17H23N5O3S/c1-10-4-7-16(21-18-10)25-15-8-13-5-6-14(9-15)22(13)26(23,24)17-11(2)19-20-12(17)3/h4,7,13-15H,5-6,8-9H2,1-3H3,(H,19,20)/t13-,14+,15-. The van der Waals surface area contributed by atoms with Crippen LogP contribution < -0.4 is 4.74 Å². The van der Waals surface area contributed by atoms with Crippen molar-refractivity contribution in [1.82, 2.24) is 24.7 Å². The van der Waals surface area contributed by atoms with Crippen LogP contribution in [0.1, 0.15) is 42.8 Å². The predicted molar refractivity (Wildman–Crippen MR) is 94.3 cm³/mol. The summed E-state index contributed by atoms with van der Waals surface area (Å²) in [6.45, 7) is 5.35. The molecule has 2 aromatic heterocycles. The van der Waals surface area contributed by atoms with Gasteiger partial charge in [-0.3, -0.25) is 5.10 Å². The van der Waals surface area contributed by atoms with Gasteiger partial charge in [0.25, 0.3) is 0 Å². The van der Waals surface area contributed by atoms with E-state index in [1.807, 2.05) is 19.1 Å². The highest BCUT2D eigenvalue weighted by Gasteiger charge is 2.49. The van der Waals surface area contributed by atoms with E-state index >= 15 is 0 Å². The van der Waals surface area contributed by atoms with Crippen molar-refractivity contribution in [3.05, 3.63) is 29.2 Å². The second-order valence-corrected chi connectivity index (χ2v) is 8.99. The van der Waals surface area contributed by atoms with E-state index < -0.39 is 10.0 Å². The molecule has 0 spiro atoms. The van der Waals surface area contributed by atoms with Gasteiger partial charge in [0, 0.05) is 31.0 Å². The fourth-order valence-electron chi connectivity index (χ4n) is 4.22. The summed E-state index contributed by atoms with van der Waals surface area (Å²) >= 11 is 0. The Kier molecular flexibility index (Phi) is 4.23. The molecule has 0 aromatic carbocycles. The number of piperidine rings is 1. The highest BCUT2D eigenvalue weighted by atomic mass is 32.2. The number of H-pyrrole nitrogens is 1. The Bertz CT molecular complexity index is 875. The van der Waals surface area contributed by atoms with Gasteiger partial charge in [-0.1, -0.05) is 0 Å². The number of nitrogens with zero attached hydrogens (tertiary/aromatic N) is 4. The number of aromatic nitrogens is 4. The Morgan fingerprint density at radius 1 is 1.12 bits per heavy atom. The molecule has 2 aromatic rings. The van der Waals surface area contributed by atoms with E-state index in [-0.39, 0.29) is 18.2 Å². The first-order valence-corrected chi connectivity index (χ1v) is 10.3. The molecule has 4 heterocycles. The predicted octanol–water partition coefficient (Wildman–Crippen LogP) is 1.89. The van der Waals surface area contributed by atoms with Crippen molar-refractivity contribution in [2.45, 2.75) is 69.5 Å². The van der Waals surface area contributed by atoms with Crippen molar-refractivity contribution in [2.75, 3.05) is 0 Å². The van der Waals surface area contributed by atoms with Gasteiger partial charge in [-0.2, -0.15) is 14.5 Å². The molecule has 2 saturated heterocycles. The van der Waals surface area contributed by atoms with E-state index in [0.29, 0.717) is 35.0 Å². The number of sulfonamides is 1. The van der Waals surface area contributed by atoms with Crippen LogP contribution in [0.25, 0.3) is 0 Å². The summed E-state index contributed by atoms with van der Waals surface area (Å²) in [5, 5.41) is 14.9. The summed E-state index contributed by atoms with van der Waals surface area (Å²) in [5.74, 6) is 0.498. The molecular formula is C17H23N5O3S. The first-order chi connectivity index (χ1) is 12.4. The number of rotatable bonds is 4. The highest BCUT2D eigenvalue weighted by Crippen LogP contribution is 2.41. The molecule has 0 radical (unpaired) electrons. The van der Waals surface area contributed by atoms with E-state index in [4.69, 9.17) is 4.74 Å². The molecule has 0 aliphatic carbocycles. The maximum atomic E-state index is 13.3. The molecule has 2 bridgehead atoms. The van der Waals surface area contributed by atoms with Crippen LogP contribution in [0.2, 0.25) is 0 Å². The second-order valence-electron chi connectivity index (χ2n) is 7.21. The maximum Gasteiger partial charge on any atom is 0.247 e. The SMILES string of the molecule is Cc1ccc(O[C@@H]2C[C@H]3CC[C@@H](C2)N3S(=O)(=O)c2c(C)n[nH]c2C)nn1. The van der Waals surface area contributed by atoms with Gasteiger partial charge in [0.1, 0.15) is 11.0 Å². The van der Waals surface area contributed by atoms with Crippen molar-refractivity contribution in [1.29, 1.82) is 0 Å². The first kappa shape index (κ1) is 17.4. The van der Waals surface area contributed by atoms with Gasteiger partial charge in [-0.25, -0.2) is 8.42 Å². The van der Waals surface area contributed by atoms with Crippen molar-refractivity contribution in [3.63, 3.8) is 0 Å². The summed E-state index contributed by atoms with van der Waals surface area (Å²) < 4.78 is 34.2. The third kappa shape index (κ3) is 2.88. The average Bonchev–Trinajstić information content (AvgIpc) is 3.07. The van der Waals surface area contributed by atoms with Crippen LogP contribution in [-0.4, -0.2) is 51.3 Å². The molecule has 4 rings (SSSR count). The zero-order valence-corrected chi connectivity index (χ0v) is 16.0. The van der Waals surface area contributed by atoms with E-state index in [9.17, 15) is 8.42 Å². The lowest BCUT2D eigenvalue weighted by Gasteiger charge is -2.37. The van der Waals surface area contributed by atoms with Crippen molar-refractivity contribution in [2.24, 2.45) is 0 Å². The summed E-state index contributed by atoms with van der Waals surface area (Å²) in [7, 11) is -3.56. The lowest BCUT2D eigenvalue weighted by molar-refractivity contribution is 0.0908. The van der Waals surface area contributed by atoms with Gasteiger partial charge < -0.3 is 4.74 Å². The van der Waals surface area contributed by atoms with Crippen molar-refractivity contribution in [3.8, 4) is 5.88 Å². The fourth-order valence-corrected chi connectivity index (χ4v) is 6.45. The smallest absolute Gasteiger partial charge is 0.247 e. The zero-order valence-electron chi connectivity index (χ0n) is 15.1. The fraction of sp³-hybridized carbons (Fsp3) is 0.588. The Morgan fingerprint density at radius 3 is 2.35 bits per heavy atom. The summed E-state index contributed by atoms with van der Waals surface area (Å²) in [6.07, 6.45) is 3.02. The van der Waals surface area contributed by atoms with Gasteiger partial charge in [0.05, 0.1) is 17.1 Å². The summed E-state index contributed by atoms with van der Waals surface area (Å²) in [6, 6.07) is 3.58. The lowest BCUT2D eigenvalue weighted by atomic mass is 10.0. The number of fused-ring (bicyclic) bond motifs is 2. The van der Waals surface area contributed by atoms with E-state index in [0.717, 1.165) is 18.5 Å². The molecule has 8 nitrogen and oxygen atoms in total. The Hall–Kier alpha value is -2.00. The van der Waals surface area contributed by atoms with Crippen LogP contribution in [0, 0.1) is 20.8 Å². The molecule has 9 heteroatoms. The van der Waals surface area contributed by atoms with Gasteiger partial charge in [0.15, 0.2) is 0 Å². The molecule has 2 fully saturated rings. The van der Waals surface area contributed by atoms with Gasteiger partial charge in [0.2, 0.25) is 15.9 Å². The molecule has 0 saturated carbocycles. The number of hydrogen-bond donors (Lipinski definition) is 1. The van der Waals surface area contributed by atoms with Gasteiger partial charge in [-0.15, -0.1) is 5.10 Å². The van der Waals surface area contributed by atoms with E-state index in [2.05, 4.69) is 20.4 Å². The van der Waals surface area contributed by atoms with Crippen LogP contribution in [0.4, 0.5) is 0 Å². The lowest BCUT2D eigenvalue weighted by Crippen LogP contribution is -2.49. The normalized spacial score (nSPS) is 26.2. The van der Waals surface area contributed by atoms with Crippen LogP contribution >= 0.6 is 0 Å². The van der Waals surface area contributed by atoms with Crippen molar-refractivity contribution >= 4 is 10.0 Å². The molecule has 26 heavy (non-hydrogen) atoms. The first-order valence-electron chi connectivity index (χ1n) is 8.88. The third-order valence-corrected chi connectivity index (χ3v) is 7.55. The molecule has 0 amide bonds. The average molecular weight is 377 g/mol. The van der Waals surface area contributed by atoms with Crippen LogP contribution in [0.5, 0.6) is 5.88 Å². The number of ether oxygens (including phenoxy) is 1. The van der Waals surface area contributed by atoms with Crippen molar-refractivity contribution < 1.29 is 13.2 Å². The third-order valence-electron chi connectivity index (χ3n) is 5.28. The van der Waals surface area contributed by atoms with E-state index in [1.54, 1.807) is 18.2 Å². The van der Waals surface area contributed by atoms with Gasteiger partial charge in [-0.05, 0) is 39.7 Å². The number of nitrogens with one attached hydrogen (secondary N) is 1. The van der Waals surface area contributed by atoms with Crippen LogP contribution in [0.3, 0.4) is 0 Å². The summed E-state index contributed by atoms with van der Waals surface area (Å²) in [5.41, 5.74) is 1.95. The number of hydrogen-bond acceptors (Lipinski definition) is 6. The Labute approximate surface area is 153 Å². The quantitative estimate of drug-likeness (QED) is 0.873. The molecule has 140 valence electrons. The minimum absolute atomic E-state index is 0.0394. The minimum atomic E-state index is -3.56. The maximum absolute atomic E-state index is 13.3. The molecule has 0 unspecified atom stereocenters. The molecule has 2 aliphatic heterocycles. The topological polar surface area (TPSA) is 101 Å². The second kappa shape index (κ2) is 6.31. The zero-order chi connectivity index (χ0) is 18.5. The molecule has 2 aliphatic rings. The minimum Gasteiger partial charge on any atom is -0.473 e. The Balaban J connectivity index is 1.55. The van der Waals surface area contributed by atoms with Gasteiger partial charge >= 0.3 is 0 Å². The number of aryl methyl sites for hydroxylation is 3. The summed E-state index contributed by atoms with van der Waals surface area (Å²) in [4.78, 5) is 0.318. The molecular weight excluding hydrogens is 354 g/mol. The van der Waals surface area contributed by atoms with Crippen LogP contribution in [0.15, 0.2) is 17.0 Å². The molecule has 3 atom stereocenters. The highest BCUT2D eigenvalue weighted by molar-refractivity contribution is 7.89. The Morgan fingerprint density at radius 2 is 1.81 bits per heavy atom. The van der Waals surface area contributed by atoms with Crippen LogP contribution in [-0.2, 0) is 10.0 Å². The largest absolute Gasteiger partial charge is 0.473 e. The monoisotopic (exact) mass is 377 g/mol. The molecule has 1 N–H and O–H groups in total.